The molecule has 0 unspecified atom stereocenters. The fourth-order valence-electron chi connectivity index (χ4n) is 3.66. The van der Waals surface area contributed by atoms with E-state index >= 15 is 0 Å². The average molecular weight is 386 g/mol. The molecule has 0 spiro atoms. The van der Waals surface area contributed by atoms with Crippen molar-refractivity contribution in [1.29, 1.82) is 0 Å². The van der Waals surface area contributed by atoms with Gasteiger partial charge in [-0.2, -0.15) is 0 Å². The van der Waals surface area contributed by atoms with Gasteiger partial charge in [0.2, 0.25) is 17.7 Å². The van der Waals surface area contributed by atoms with E-state index in [-0.39, 0.29) is 17.8 Å². The summed E-state index contributed by atoms with van der Waals surface area (Å²) in [7, 11) is 0. The maximum Gasteiger partial charge on any atom is 0.246 e. The zero-order chi connectivity index (χ0) is 20.1. The van der Waals surface area contributed by atoms with Gasteiger partial charge < -0.3 is 27.0 Å². The smallest absolute Gasteiger partial charge is 0.246 e. The van der Waals surface area contributed by atoms with Crippen LogP contribution in [0.25, 0.3) is 0 Å². The Bertz CT molecular complexity index is 766. The first-order valence-electron chi connectivity index (χ1n) is 9.46. The molecule has 1 aromatic rings. The molecule has 1 fully saturated rings. The summed E-state index contributed by atoms with van der Waals surface area (Å²) in [4.78, 5) is 43.1. The lowest BCUT2D eigenvalue weighted by molar-refractivity contribution is -0.140. The van der Waals surface area contributed by atoms with Gasteiger partial charge in [-0.1, -0.05) is 30.3 Å². The minimum atomic E-state index is -0.795. The van der Waals surface area contributed by atoms with Crippen molar-refractivity contribution in [2.75, 3.05) is 13.1 Å². The molecule has 2 heterocycles. The van der Waals surface area contributed by atoms with Crippen LogP contribution in [-0.2, 0) is 20.8 Å². The highest BCUT2D eigenvalue weighted by Gasteiger charge is 2.37. The molecule has 1 aromatic carbocycles. The molecular formula is C19H26N6O3. The summed E-state index contributed by atoms with van der Waals surface area (Å²) in [6.45, 7) is 0.902. The summed E-state index contributed by atoms with van der Waals surface area (Å²) in [6.07, 6.45) is 2.07. The number of hydrogen-bond acceptors (Lipinski definition) is 6. The zero-order valence-corrected chi connectivity index (χ0v) is 15.6. The van der Waals surface area contributed by atoms with Gasteiger partial charge in [0.25, 0.3) is 0 Å². The highest BCUT2D eigenvalue weighted by molar-refractivity contribution is 5.94. The molecule has 2 aliphatic rings. The standard InChI is InChI=1S/C19H26N6O3/c20-16(26)15-7-4-10-25(15)18(28)14(11-12-5-2-1-3-6-12)23-17(27)13-8-9-22-19(21)24-13/h1-3,5-6,13-15H,4,7-11H2,(H2,20,26)(H,23,27)(H3,21,22,24)/t13-,14+,15+/m1/s1. The molecule has 3 atom stereocenters. The number of carbonyl (C=O) groups excluding carboxylic acids is 3. The zero-order valence-electron chi connectivity index (χ0n) is 15.6. The van der Waals surface area contributed by atoms with Crippen LogP contribution in [0.15, 0.2) is 35.3 Å². The van der Waals surface area contributed by atoms with Crippen LogP contribution in [0.1, 0.15) is 24.8 Å². The Hall–Kier alpha value is -3.10. The molecule has 0 saturated carbocycles. The molecule has 3 amide bonds. The first-order valence-corrected chi connectivity index (χ1v) is 9.46. The number of benzene rings is 1. The number of nitrogens with two attached hydrogens (primary N) is 2. The monoisotopic (exact) mass is 386 g/mol. The van der Waals surface area contributed by atoms with Crippen molar-refractivity contribution in [2.45, 2.75) is 43.8 Å². The summed E-state index contributed by atoms with van der Waals surface area (Å²) in [6, 6.07) is 7.46. The Labute approximate surface area is 163 Å². The van der Waals surface area contributed by atoms with Crippen molar-refractivity contribution in [3.05, 3.63) is 35.9 Å². The Morgan fingerprint density at radius 3 is 2.68 bits per heavy atom. The molecule has 0 aromatic heterocycles. The van der Waals surface area contributed by atoms with Crippen molar-refractivity contribution in [3.63, 3.8) is 0 Å². The van der Waals surface area contributed by atoms with Crippen molar-refractivity contribution >= 4 is 23.7 Å². The molecule has 28 heavy (non-hydrogen) atoms. The normalized spacial score (nSPS) is 22.7. The number of rotatable bonds is 6. The van der Waals surface area contributed by atoms with Gasteiger partial charge in [0.15, 0.2) is 5.96 Å². The third kappa shape index (κ3) is 4.59. The molecule has 1 saturated heterocycles. The second-order valence-corrected chi connectivity index (χ2v) is 7.10. The number of primary amides is 1. The molecule has 150 valence electrons. The van der Waals surface area contributed by atoms with E-state index in [1.165, 1.54) is 4.90 Å². The molecule has 9 heteroatoms. The van der Waals surface area contributed by atoms with Crippen LogP contribution in [0.4, 0.5) is 0 Å². The van der Waals surface area contributed by atoms with Gasteiger partial charge >= 0.3 is 0 Å². The lowest BCUT2D eigenvalue weighted by Gasteiger charge is -2.29. The number of carbonyl (C=O) groups is 3. The highest BCUT2D eigenvalue weighted by atomic mass is 16.2. The topological polar surface area (TPSA) is 143 Å². The highest BCUT2D eigenvalue weighted by Crippen LogP contribution is 2.19. The third-order valence-electron chi connectivity index (χ3n) is 5.10. The predicted octanol–water partition coefficient (Wildman–Crippen LogP) is -1.13. The summed E-state index contributed by atoms with van der Waals surface area (Å²) >= 11 is 0. The number of amides is 3. The van der Waals surface area contributed by atoms with Gasteiger partial charge in [-0.25, -0.2) is 0 Å². The van der Waals surface area contributed by atoms with E-state index in [0.717, 1.165) is 5.56 Å². The molecule has 0 bridgehead atoms. The van der Waals surface area contributed by atoms with Crippen LogP contribution in [0.5, 0.6) is 0 Å². The third-order valence-corrected chi connectivity index (χ3v) is 5.10. The minimum absolute atomic E-state index is 0.214. The molecule has 0 aliphatic carbocycles. The number of guanidine groups is 1. The van der Waals surface area contributed by atoms with Gasteiger partial charge in [0, 0.05) is 19.5 Å². The van der Waals surface area contributed by atoms with Crippen molar-refractivity contribution in [1.82, 2.24) is 15.5 Å². The number of nitrogens with zero attached hydrogens (tertiary/aromatic N) is 2. The van der Waals surface area contributed by atoms with Crippen molar-refractivity contribution < 1.29 is 14.4 Å². The van der Waals surface area contributed by atoms with Crippen molar-refractivity contribution in [3.8, 4) is 0 Å². The van der Waals surface area contributed by atoms with Gasteiger partial charge in [0.05, 0.1) is 0 Å². The van der Waals surface area contributed by atoms with Crippen LogP contribution in [0.2, 0.25) is 0 Å². The summed E-state index contributed by atoms with van der Waals surface area (Å²) in [5, 5.41) is 5.67. The van der Waals surface area contributed by atoms with Gasteiger partial charge in [-0.15, -0.1) is 0 Å². The van der Waals surface area contributed by atoms with Gasteiger partial charge in [0.1, 0.15) is 18.1 Å². The van der Waals surface area contributed by atoms with E-state index in [9.17, 15) is 14.4 Å². The largest absolute Gasteiger partial charge is 0.370 e. The van der Waals surface area contributed by atoms with Crippen LogP contribution in [0, 0.1) is 0 Å². The van der Waals surface area contributed by atoms with Crippen LogP contribution >= 0.6 is 0 Å². The maximum absolute atomic E-state index is 13.2. The average Bonchev–Trinajstić information content (AvgIpc) is 3.18. The van der Waals surface area contributed by atoms with E-state index in [2.05, 4.69) is 15.6 Å². The Balaban J connectivity index is 1.76. The second kappa shape index (κ2) is 8.73. The molecular weight excluding hydrogens is 360 g/mol. The van der Waals surface area contributed by atoms with E-state index in [0.29, 0.717) is 38.8 Å². The predicted molar refractivity (Wildman–Crippen MR) is 104 cm³/mol. The number of hydrogen-bond donors (Lipinski definition) is 4. The molecule has 3 rings (SSSR count). The molecule has 6 N–H and O–H groups in total. The number of aliphatic imine (C=N–C) groups is 1. The van der Waals surface area contributed by atoms with E-state index in [1.807, 2.05) is 30.3 Å². The molecule has 0 radical (unpaired) electrons. The lowest BCUT2D eigenvalue weighted by Crippen LogP contribution is -2.58. The second-order valence-electron chi connectivity index (χ2n) is 7.10. The summed E-state index contributed by atoms with van der Waals surface area (Å²) < 4.78 is 0. The maximum atomic E-state index is 13.2. The Morgan fingerprint density at radius 1 is 1.25 bits per heavy atom. The Kier molecular flexibility index (Phi) is 6.13. The van der Waals surface area contributed by atoms with Crippen LogP contribution in [-0.4, -0.2) is 59.8 Å². The van der Waals surface area contributed by atoms with E-state index in [1.54, 1.807) is 0 Å². The van der Waals surface area contributed by atoms with Gasteiger partial charge in [-0.05, 0) is 24.8 Å². The quantitative estimate of drug-likeness (QED) is 0.489. The van der Waals surface area contributed by atoms with E-state index < -0.39 is 24.0 Å². The fourth-order valence-corrected chi connectivity index (χ4v) is 3.66. The lowest BCUT2D eigenvalue weighted by atomic mass is 10.0. The Morgan fingerprint density at radius 2 is 2.00 bits per heavy atom. The summed E-state index contributed by atoms with van der Waals surface area (Å²) in [5.41, 5.74) is 12.0. The molecule has 9 nitrogen and oxygen atoms in total. The first-order chi connectivity index (χ1) is 13.5. The minimum Gasteiger partial charge on any atom is -0.370 e. The van der Waals surface area contributed by atoms with E-state index in [4.69, 9.17) is 11.5 Å². The number of likely N-dealkylation sites (tertiary alicyclic amines) is 1. The van der Waals surface area contributed by atoms with Crippen LogP contribution < -0.4 is 22.1 Å². The van der Waals surface area contributed by atoms with Crippen molar-refractivity contribution in [2.24, 2.45) is 16.5 Å². The fraction of sp³-hybridized carbons (Fsp3) is 0.474. The number of nitrogens with one attached hydrogen (secondary N) is 2. The van der Waals surface area contributed by atoms with Crippen LogP contribution in [0.3, 0.4) is 0 Å². The molecule has 2 aliphatic heterocycles. The van der Waals surface area contributed by atoms with Gasteiger partial charge in [-0.3, -0.25) is 19.4 Å². The SMILES string of the molecule is NC(=O)[C@@H]1CCCN1C(=O)[C@H](Cc1ccccc1)NC(=O)[C@H]1CCN=C(N)N1. The summed E-state index contributed by atoms with van der Waals surface area (Å²) in [5.74, 6) is -0.919. The first kappa shape index (κ1) is 19.7.